The number of amides is 1. The first-order valence-corrected chi connectivity index (χ1v) is 7.64. The smallest absolute Gasteiger partial charge is 0.221 e. The second-order valence-electron chi connectivity index (χ2n) is 5.64. The summed E-state index contributed by atoms with van der Waals surface area (Å²) in [5.74, 6) is -0.674. The van der Waals surface area contributed by atoms with E-state index < -0.39 is 5.82 Å². The summed E-state index contributed by atoms with van der Waals surface area (Å²) >= 11 is 0. The number of carbonyl (C=O) groups is 1. The molecule has 0 radical (unpaired) electrons. The summed E-state index contributed by atoms with van der Waals surface area (Å²) in [6, 6.07) is 5.18. The summed E-state index contributed by atoms with van der Waals surface area (Å²) in [5.41, 5.74) is 1.09. The van der Waals surface area contributed by atoms with Crippen molar-refractivity contribution in [1.29, 1.82) is 0 Å². The van der Waals surface area contributed by atoms with Crippen LogP contribution in [0, 0.1) is 5.82 Å². The first-order chi connectivity index (χ1) is 10.1. The largest absolute Gasteiger partial charge is 0.382 e. The summed E-state index contributed by atoms with van der Waals surface area (Å²) in [6.07, 6.45) is 3.37. The molecule has 1 fully saturated rings. The van der Waals surface area contributed by atoms with E-state index in [0.717, 1.165) is 38.2 Å². The molecule has 0 unspecified atom stereocenters. The molecule has 1 saturated heterocycles. The molecular formula is C16H24FN3O. The van der Waals surface area contributed by atoms with Crippen molar-refractivity contribution in [3.05, 3.63) is 24.0 Å². The molecule has 0 saturated carbocycles. The lowest BCUT2D eigenvalue weighted by molar-refractivity contribution is -0.114. The van der Waals surface area contributed by atoms with Gasteiger partial charge in [-0.3, -0.25) is 4.79 Å². The molecule has 1 aromatic carbocycles. The molecule has 5 heteroatoms. The van der Waals surface area contributed by atoms with Gasteiger partial charge in [0.15, 0.2) is 0 Å². The van der Waals surface area contributed by atoms with Crippen molar-refractivity contribution in [1.82, 2.24) is 4.90 Å². The van der Waals surface area contributed by atoms with Gasteiger partial charge in [-0.05, 0) is 44.0 Å². The normalized spacial score (nSPS) is 16.7. The minimum absolute atomic E-state index is 0.232. The molecule has 0 aliphatic carbocycles. The summed E-state index contributed by atoms with van der Waals surface area (Å²) in [7, 11) is 0. The van der Waals surface area contributed by atoms with E-state index in [4.69, 9.17) is 0 Å². The van der Waals surface area contributed by atoms with Gasteiger partial charge in [0, 0.05) is 31.7 Å². The van der Waals surface area contributed by atoms with Gasteiger partial charge in [-0.15, -0.1) is 0 Å². The van der Waals surface area contributed by atoms with Gasteiger partial charge in [0.05, 0.1) is 5.69 Å². The van der Waals surface area contributed by atoms with Crippen LogP contribution in [0.4, 0.5) is 15.8 Å². The van der Waals surface area contributed by atoms with Gasteiger partial charge in [0.1, 0.15) is 5.82 Å². The molecular weight excluding hydrogens is 269 g/mol. The average molecular weight is 293 g/mol. The van der Waals surface area contributed by atoms with Crippen LogP contribution in [0.25, 0.3) is 0 Å². The number of anilines is 2. The quantitative estimate of drug-likeness (QED) is 0.877. The lowest BCUT2D eigenvalue weighted by Crippen LogP contribution is -2.39. The molecule has 116 valence electrons. The molecule has 0 spiro atoms. The molecule has 0 bridgehead atoms. The van der Waals surface area contributed by atoms with Gasteiger partial charge in [-0.2, -0.15) is 0 Å². The second-order valence-corrected chi connectivity index (χ2v) is 5.64. The van der Waals surface area contributed by atoms with Gasteiger partial charge < -0.3 is 15.5 Å². The van der Waals surface area contributed by atoms with Gasteiger partial charge >= 0.3 is 0 Å². The highest BCUT2D eigenvalue weighted by molar-refractivity contribution is 5.89. The molecule has 21 heavy (non-hydrogen) atoms. The first kappa shape index (κ1) is 15.8. The first-order valence-electron chi connectivity index (χ1n) is 7.64. The van der Waals surface area contributed by atoms with Gasteiger partial charge in [0.25, 0.3) is 0 Å². The van der Waals surface area contributed by atoms with E-state index in [0.29, 0.717) is 6.04 Å². The number of hydrogen-bond donors (Lipinski definition) is 2. The highest BCUT2D eigenvalue weighted by Gasteiger charge is 2.18. The fourth-order valence-corrected chi connectivity index (χ4v) is 2.75. The Morgan fingerprint density at radius 1 is 1.38 bits per heavy atom. The van der Waals surface area contributed by atoms with Gasteiger partial charge in [-0.1, -0.05) is 6.92 Å². The summed E-state index contributed by atoms with van der Waals surface area (Å²) < 4.78 is 13.6. The van der Waals surface area contributed by atoms with Crippen LogP contribution in [0.2, 0.25) is 0 Å². The SMILES string of the molecule is CCCN1CCC(Nc2ccc(F)c(NC(C)=O)c2)CC1. The Balaban J connectivity index is 1.93. The molecule has 1 heterocycles. The lowest BCUT2D eigenvalue weighted by Gasteiger charge is -2.32. The zero-order chi connectivity index (χ0) is 15.2. The Morgan fingerprint density at radius 2 is 2.10 bits per heavy atom. The third-order valence-corrected chi connectivity index (χ3v) is 3.78. The van der Waals surface area contributed by atoms with Crippen LogP contribution >= 0.6 is 0 Å². The molecule has 1 amide bonds. The second kappa shape index (κ2) is 7.41. The van der Waals surface area contributed by atoms with E-state index in [1.54, 1.807) is 12.1 Å². The van der Waals surface area contributed by atoms with Crippen molar-refractivity contribution in [2.45, 2.75) is 39.2 Å². The van der Waals surface area contributed by atoms with Crippen molar-refractivity contribution in [3.63, 3.8) is 0 Å². The highest BCUT2D eigenvalue weighted by Crippen LogP contribution is 2.22. The standard InChI is InChI=1S/C16H24FN3O/c1-3-8-20-9-6-13(7-10-20)19-14-4-5-15(17)16(11-14)18-12(2)21/h4-5,11,13,19H,3,6-10H2,1-2H3,(H,18,21). The third-order valence-electron chi connectivity index (χ3n) is 3.78. The van der Waals surface area contributed by atoms with Crippen molar-refractivity contribution < 1.29 is 9.18 Å². The van der Waals surface area contributed by atoms with Crippen LogP contribution in [0.3, 0.4) is 0 Å². The average Bonchev–Trinajstić information content (AvgIpc) is 2.44. The number of nitrogens with zero attached hydrogens (tertiary/aromatic N) is 1. The molecule has 1 aromatic rings. The predicted molar refractivity (Wildman–Crippen MR) is 84.1 cm³/mol. The minimum Gasteiger partial charge on any atom is -0.382 e. The minimum atomic E-state index is -0.409. The van der Waals surface area contributed by atoms with Crippen LogP contribution in [-0.4, -0.2) is 36.5 Å². The molecule has 4 nitrogen and oxygen atoms in total. The Labute approximate surface area is 125 Å². The zero-order valence-electron chi connectivity index (χ0n) is 12.8. The fourth-order valence-electron chi connectivity index (χ4n) is 2.75. The zero-order valence-corrected chi connectivity index (χ0v) is 12.8. The van der Waals surface area contributed by atoms with Crippen molar-refractivity contribution in [3.8, 4) is 0 Å². The number of carbonyl (C=O) groups excluding carboxylic acids is 1. The number of rotatable bonds is 5. The van der Waals surface area contributed by atoms with Crippen molar-refractivity contribution >= 4 is 17.3 Å². The summed E-state index contributed by atoms with van der Waals surface area (Å²) in [4.78, 5) is 13.5. The van der Waals surface area contributed by atoms with E-state index >= 15 is 0 Å². The maximum atomic E-state index is 13.6. The van der Waals surface area contributed by atoms with Crippen molar-refractivity contribution in [2.75, 3.05) is 30.3 Å². The molecule has 0 atom stereocenters. The van der Waals surface area contributed by atoms with Gasteiger partial charge in [0.2, 0.25) is 5.91 Å². The topological polar surface area (TPSA) is 44.4 Å². The number of benzene rings is 1. The molecule has 0 aromatic heterocycles. The highest BCUT2D eigenvalue weighted by atomic mass is 19.1. The Kier molecular flexibility index (Phi) is 5.56. The Hall–Kier alpha value is -1.62. The van der Waals surface area contributed by atoms with Crippen LogP contribution in [0.15, 0.2) is 18.2 Å². The molecule has 1 aliphatic rings. The lowest BCUT2D eigenvalue weighted by atomic mass is 10.0. The molecule has 2 N–H and O–H groups in total. The Morgan fingerprint density at radius 3 is 2.71 bits per heavy atom. The molecule has 1 aliphatic heterocycles. The monoisotopic (exact) mass is 293 g/mol. The summed E-state index contributed by atoms with van der Waals surface area (Å²) in [6.45, 7) is 6.95. The number of likely N-dealkylation sites (tertiary alicyclic amines) is 1. The van der Waals surface area contributed by atoms with Crippen LogP contribution in [0.1, 0.15) is 33.1 Å². The number of nitrogens with one attached hydrogen (secondary N) is 2. The maximum absolute atomic E-state index is 13.6. The summed E-state index contributed by atoms with van der Waals surface area (Å²) in [5, 5.41) is 5.95. The van der Waals surface area contributed by atoms with Crippen LogP contribution < -0.4 is 10.6 Å². The van der Waals surface area contributed by atoms with Crippen LogP contribution in [-0.2, 0) is 4.79 Å². The number of hydrogen-bond acceptors (Lipinski definition) is 3. The van der Waals surface area contributed by atoms with E-state index in [1.165, 1.54) is 19.4 Å². The van der Waals surface area contributed by atoms with E-state index in [1.807, 2.05) is 0 Å². The van der Waals surface area contributed by atoms with E-state index in [2.05, 4.69) is 22.5 Å². The number of piperidine rings is 1. The predicted octanol–water partition coefficient (Wildman–Crippen LogP) is 3.07. The molecule has 2 rings (SSSR count). The fraction of sp³-hybridized carbons (Fsp3) is 0.562. The van der Waals surface area contributed by atoms with Gasteiger partial charge in [-0.25, -0.2) is 4.39 Å². The third kappa shape index (κ3) is 4.70. The van der Waals surface area contributed by atoms with E-state index in [9.17, 15) is 9.18 Å². The maximum Gasteiger partial charge on any atom is 0.221 e. The van der Waals surface area contributed by atoms with E-state index in [-0.39, 0.29) is 11.6 Å². The van der Waals surface area contributed by atoms with Crippen LogP contribution in [0.5, 0.6) is 0 Å². The number of halogens is 1. The Bertz CT molecular complexity index is 484. The van der Waals surface area contributed by atoms with Crippen molar-refractivity contribution in [2.24, 2.45) is 0 Å².